The van der Waals surface area contributed by atoms with Gasteiger partial charge in [0.05, 0.1) is 16.4 Å². The molecule has 2 aromatic carbocycles. The van der Waals surface area contributed by atoms with Gasteiger partial charge in [-0.25, -0.2) is 18.2 Å². The number of imidazole rings is 1. The number of aromatic amines is 1. The number of hydrogen-bond donors (Lipinski definition) is 2. The molecule has 0 spiro atoms. The van der Waals surface area contributed by atoms with Crippen LogP contribution < -0.4 is 0 Å². The third-order valence-electron chi connectivity index (χ3n) is 4.09. The highest BCUT2D eigenvalue weighted by Crippen LogP contribution is 2.39. The third-order valence-corrected chi connectivity index (χ3v) is 5.03. The number of nitrogens with zero attached hydrogens (tertiary/aromatic N) is 1. The standard InChI is InChI=1S/C19H15BrClF3N2O/c20-14-9-11(3-5-16(14)22)17-10-25-18(26-17)12-2-4-15(21)13(8-12)19(23,24)6-1-7-27/h2-5,8-10,27H,1,6-7H2,(H,25,26). The van der Waals surface area contributed by atoms with Crippen LogP contribution in [-0.4, -0.2) is 21.7 Å². The minimum Gasteiger partial charge on any atom is -0.396 e. The summed E-state index contributed by atoms with van der Waals surface area (Å²) in [6.45, 7) is -0.318. The van der Waals surface area contributed by atoms with E-state index in [0.717, 1.165) is 0 Å². The Kier molecular flexibility index (Phi) is 5.93. The van der Waals surface area contributed by atoms with Gasteiger partial charge >= 0.3 is 0 Å². The van der Waals surface area contributed by atoms with Crippen molar-refractivity contribution in [2.75, 3.05) is 6.61 Å². The van der Waals surface area contributed by atoms with Crippen molar-refractivity contribution in [2.45, 2.75) is 18.8 Å². The molecule has 0 unspecified atom stereocenters. The molecule has 3 aromatic rings. The van der Waals surface area contributed by atoms with Crippen LogP contribution in [0.4, 0.5) is 13.2 Å². The minimum atomic E-state index is -3.16. The van der Waals surface area contributed by atoms with Crippen molar-refractivity contribution in [1.82, 2.24) is 9.97 Å². The fraction of sp³-hybridized carbons (Fsp3) is 0.211. The van der Waals surface area contributed by atoms with Crippen molar-refractivity contribution in [1.29, 1.82) is 0 Å². The number of H-pyrrole nitrogens is 1. The average molecular weight is 460 g/mol. The number of rotatable bonds is 6. The zero-order chi connectivity index (χ0) is 19.6. The van der Waals surface area contributed by atoms with Crippen LogP contribution in [0.2, 0.25) is 5.02 Å². The average Bonchev–Trinajstić information content (AvgIpc) is 3.12. The maximum absolute atomic E-state index is 14.4. The van der Waals surface area contributed by atoms with E-state index in [4.69, 9.17) is 16.7 Å². The van der Waals surface area contributed by atoms with Gasteiger partial charge in [0.1, 0.15) is 11.6 Å². The highest BCUT2D eigenvalue weighted by atomic mass is 79.9. The lowest BCUT2D eigenvalue weighted by Gasteiger charge is -2.18. The summed E-state index contributed by atoms with van der Waals surface area (Å²) in [5.41, 5.74) is 1.46. The molecule has 0 aliphatic carbocycles. The summed E-state index contributed by atoms with van der Waals surface area (Å²) in [4.78, 5) is 7.29. The molecule has 0 radical (unpaired) electrons. The molecular formula is C19H15BrClF3N2O. The summed E-state index contributed by atoms with van der Waals surface area (Å²) in [7, 11) is 0. The number of hydrogen-bond acceptors (Lipinski definition) is 2. The molecule has 0 saturated carbocycles. The number of alkyl halides is 2. The zero-order valence-corrected chi connectivity index (χ0v) is 16.3. The molecule has 0 bridgehead atoms. The van der Waals surface area contributed by atoms with Crippen LogP contribution in [0.1, 0.15) is 18.4 Å². The quantitative estimate of drug-likeness (QED) is 0.463. The molecule has 0 aliphatic heterocycles. The molecule has 1 heterocycles. The highest BCUT2D eigenvalue weighted by molar-refractivity contribution is 9.10. The normalized spacial score (nSPS) is 11.8. The van der Waals surface area contributed by atoms with E-state index in [9.17, 15) is 13.2 Å². The van der Waals surface area contributed by atoms with E-state index in [1.807, 2.05) is 0 Å². The first kappa shape index (κ1) is 19.9. The third kappa shape index (κ3) is 4.36. The summed E-state index contributed by atoms with van der Waals surface area (Å²) >= 11 is 9.10. The fourth-order valence-corrected chi connectivity index (χ4v) is 3.30. The molecule has 3 rings (SSSR count). The van der Waals surface area contributed by atoms with E-state index >= 15 is 0 Å². The first-order chi connectivity index (χ1) is 12.8. The number of nitrogens with one attached hydrogen (secondary N) is 1. The van der Waals surface area contributed by atoms with Crippen LogP contribution in [0.3, 0.4) is 0 Å². The van der Waals surface area contributed by atoms with E-state index in [0.29, 0.717) is 27.1 Å². The summed E-state index contributed by atoms with van der Waals surface area (Å²) in [6.07, 6.45) is 1.02. The number of aliphatic hydroxyl groups excluding tert-OH is 1. The molecule has 0 fully saturated rings. The smallest absolute Gasteiger partial charge is 0.274 e. The van der Waals surface area contributed by atoms with Crippen molar-refractivity contribution >= 4 is 27.5 Å². The molecule has 3 nitrogen and oxygen atoms in total. The molecule has 8 heteroatoms. The van der Waals surface area contributed by atoms with E-state index < -0.39 is 12.3 Å². The van der Waals surface area contributed by atoms with Gasteiger partial charge < -0.3 is 10.1 Å². The van der Waals surface area contributed by atoms with E-state index in [1.54, 1.807) is 24.4 Å². The SMILES string of the molecule is OCCCC(F)(F)c1cc(-c2ncc(-c3ccc(F)c(Br)c3)[nH]2)ccc1Cl. The van der Waals surface area contributed by atoms with Crippen LogP contribution >= 0.6 is 27.5 Å². The van der Waals surface area contributed by atoms with E-state index in [-0.39, 0.29) is 29.4 Å². The molecule has 1 aromatic heterocycles. The predicted octanol–water partition coefficient (Wildman–Crippen LogP) is 6.16. The molecule has 27 heavy (non-hydrogen) atoms. The topological polar surface area (TPSA) is 48.9 Å². The van der Waals surface area contributed by atoms with Gasteiger partial charge in [0.25, 0.3) is 5.92 Å². The van der Waals surface area contributed by atoms with Gasteiger partial charge in [-0.2, -0.15) is 0 Å². The second-order valence-corrected chi connectivity index (χ2v) is 7.26. The van der Waals surface area contributed by atoms with Crippen molar-refractivity contribution in [2.24, 2.45) is 0 Å². The van der Waals surface area contributed by atoms with Gasteiger partial charge in [-0.15, -0.1) is 0 Å². The highest BCUT2D eigenvalue weighted by Gasteiger charge is 2.33. The minimum absolute atomic E-state index is 0.0299. The van der Waals surface area contributed by atoms with Gasteiger partial charge in [0.2, 0.25) is 0 Å². The van der Waals surface area contributed by atoms with Gasteiger partial charge in [-0.3, -0.25) is 0 Å². The maximum Gasteiger partial charge on any atom is 0.274 e. The predicted molar refractivity (Wildman–Crippen MR) is 102 cm³/mol. The Labute approximate surface area is 167 Å². The monoisotopic (exact) mass is 458 g/mol. The fourth-order valence-electron chi connectivity index (χ4n) is 2.67. The van der Waals surface area contributed by atoms with Gasteiger partial charge in [-0.05, 0) is 58.7 Å². The Morgan fingerprint density at radius 2 is 1.89 bits per heavy atom. The van der Waals surface area contributed by atoms with Crippen molar-refractivity contribution in [3.8, 4) is 22.6 Å². The molecule has 0 saturated heterocycles. The lowest BCUT2D eigenvalue weighted by Crippen LogP contribution is -2.14. The van der Waals surface area contributed by atoms with Gasteiger partial charge in [0.15, 0.2) is 0 Å². The van der Waals surface area contributed by atoms with Gasteiger partial charge in [0, 0.05) is 34.7 Å². The van der Waals surface area contributed by atoms with Crippen LogP contribution in [0, 0.1) is 5.82 Å². The summed E-state index contributed by atoms with van der Waals surface area (Å²) in [5, 5.41) is 8.77. The number of aromatic nitrogens is 2. The molecule has 0 aliphatic rings. The Morgan fingerprint density at radius 1 is 1.15 bits per heavy atom. The van der Waals surface area contributed by atoms with Crippen molar-refractivity contribution in [3.05, 3.63) is 63.5 Å². The maximum atomic E-state index is 14.4. The number of halogens is 5. The Bertz CT molecular complexity index is 962. The Morgan fingerprint density at radius 3 is 2.59 bits per heavy atom. The zero-order valence-electron chi connectivity index (χ0n) is 13.9. The summed E-state index contributed by atoms with van der Waals surface area (Å²) in [5.74, 6) is -3.15. The summed E-state index contributed by atoms with van der Waals surface area (Å²) in [6, 6.07) is 8.80. The first-order valence-electron chi connectivity index (χ1n) is 8.11. The molecule has 0 amide bonds. The van der Waals surface area contributed by atoms with Gasteiger partial charge in [-0.1, -0.05) is 11.6 Å². The molecule has 0 atom stereocenters. The largest absolute Gasteiger partial charge is 0.396 e. The number of aliphatic hydroxyl groups is 1. The second kappa shape index (κ2) is 8.04. The summed E-state index contributed by atoms with van der Waals surface area (Å²) < 4.78 is 42.5. The van der Waals surface area contributed by atoms with Crippen LogP contribution in [0.25, 0.3) is 22.6 Å². The Hall–Kier alpha value is -1.83. The number of benzene rings is 2. The van der Waals surface area contributed by atoms with Crippen LogP contribution in [-0.2, 0) is 5.92 Å². The van der Waals surface area contributed by atoms with E-state index in [1.165, 1.54) is 18.2 Å². The first-order valence-corrected chi connectivity index (χ1v) is 9.28. The Balaban J connectivity index is 1.94. The van der Waals surface area contributed by atoms with E-state index in [2.05, 4.69) is 25.9 Å². The van der Waals surface area contributed by atoms with Crippen molar-refractivity contribution in [3.63, 3.8) is 0 Å². The van der Waals surface area contributed by atoms with Crippen molar-refractivity contribution < 1.29 is 18.3 Å². The molecular weight excluding hydrogens is 445 g/mol. The molecule has 142 valence electrons. The lowest BCUT2D eigenvalue weighted by atomic mass is 10.0. The lowest BCUT2D eigenvalue weighted by molar-refractivity contribution is -0.0187. The molecule has 2 N–H and O–H groups in total. The van der Waals surface area contributed by atoms with Crippen LogP contribution in [0.5, 0.6) is 0 Å². The van der Waals surface area contributed by atoms with Crippen LogP contribution in [0.15, 0.2) is 47.1 Å². The second-order valence-electron chi connectivity index (χ2n) is 6.00.